The topological polar surface area (TPSA) is 127 Å². The molecule has 9 heteroatoms. The van der Waals surface area contributed by atoms with Gasteiger partial charge in [-0.1, -0.05) is 36.4 Å². The standard InChI is InChI=1S/C25H28N6O3/c26-24(33)22-15-31(17-28-22)21(16-32)10-13-30-12-9-19-6-7-20(14-23(19)30)29-25(34)27-11-8-18-4-2-1-3-5-18/h1-7,9,12,14-15,17,21,32H,8,10-11,13,16H2,(H2,26,33)(H2,27,29,34)/t21-/m1/s1. The molecule has 34 heavy (non-hydrogen) atoms. The zero-order valence-corrected chi connectivity index (χ0v) is 18.7. The number of primary amides is 1. The van der Waals surface area contributed by atoms with Crippen LogP contribution in [-0.2, 0) is 13.0 Å². The first-order valence-electron chi connectivity index (χ1n) is 11.2. The summed E-state index contributed by atoms with van der Waals surface area (Å²) in [5, 5.41) is 16.7. The molecular formula is C25H28N6O3. The van der Waals surface area contributed by atoms with E-state index in [1.54, 1.807) is 10.8 Å². The second-order valence-electron chi connectivity index (χ2n) is 8.09. The number of nitrogens with zero attached hydrogens (tertiary/aromatic N) is 3. The van der Waals surface area contributed by atoms with Crippen molar-refractivity contribution in [1.29, 1.82) is 0 Å². The molecule has 0 aliphatic heterocycles. The van der Waals surface area contributed by atoms with Crippen molar-refractivity contribution < 1.29 is 14.7 Å². The molecule has 0 unspecified atom stereocenters. The van der Waals surface area contributed by atoms with E-state index in [1.807, 2.05) is 60.8 Å². The fraction of sp³-hybridized carbons (Fsp3) is 0.240. The van der Waals surface area contributed by atoms with Gasteiger partial charge in [-0.25, -0.2) is 9.78 Å². The van der Waals surface area contributed by atoms with Crippen LogP contribution in [0.5, 0.6) is 0 Å². The van der Waals surface area contributed by atoms with Crippen molar-refractivity contribution in [3.63, 3.8) is 0 Å². The molecule has 0 aliphatic rings. The number of aromatic nitrogens is 3. The van der Waals surface area contributed by atoms with Crippen molar-refractivity contribution in [2.24, 2.45) is 5.73 Å². The number of aliphatic hydroxyl groups is 1. The molecule has 0 radical (unpaired) electrons. The fourth-order valence-electron chi connectivity index (χ4n) is 3.88. The zero-order valence-electron chi connectivity index (χ0n) is 18.7. The number of urea groups is 1. The van der Waals surface area contributed by atoms with E-state index in [0.717, 1.165) is 17.3 Å². The molecule has 0 spiro atoms. The lowest BCUT2D eigenvalue weighted by atomic mass is 10.1. The summed E-state index contributed by atoms with van der Waals surface area (Å²) in [7, 11) is 0. The largest absolute Gasteiger partial charge is 0.394 e. The van der Waals surface area contributed by atoms with Gasteiger partial charge in [-0.3, -0.25) is 4.79 Å². The number of hydrogen-bond donors (Lipinski definition) is 4. The first-order valence-corrected chi connectivity index (χ1v) is 11.2. The van der Waals surface area contributed by atoms with Crippen molar-refractivity contribution in [1.82, 2.24) is 19.4 Å². The number of imidazole rings is 1. The highest BCUT2D eigenvalue weighted by Crippen LogP contribution is 2.22. The van der Waals surface area contributed by atoms with E-state index in [-0.39, 0.29) is 24.4 Å². The molecule has 0 bridgehead atoms. The molecule has 4 rings (SSSR count). The number of nitrogens with two attached hydrogens (primary N) is 1. The monoisotopic (exact) mass is 460 g/mol. The summed E-state index contributed by atoms with van der Waals surface area (Å²) in [4.78, 5) is 27.6. The molecule has 0 fully saturated rings. The lowest BCUT2D eigenvalue weighted by Crippen LogP contribution is -2.30. The van der Waals surface area contributed by atoms with Gasteiger partial charge < -0.3 is 30.6 Å². The van der Waals surface area contributed by atoms with Crippen molar-refractivity contribution >= 4 is 28.5 Å². The van der Waals surface area contributed by atoms with Crippen LogP contribution >= 0.6 is 0 Å². The third-order valence-electron chi connectivity index (χ3n) is 5.76. The van der Waals surface area contributed by atoms with E-state index in [9.17, 15) is 14.7 Å². The van der Waals surface area contributed by atoms with Crippen LogP contribution < -0.4 is 16.4 Å². The number of aliphatic hydroxyl groups excluding tert-OH is 1. The Labute approximate surface area is 197 Å². The first kappa shape index (κ1) is 23.1. The van der Waals surface area contributed by atoms with Gasteiger partial charge in [0.2, 0.25) is 0 Å². The van der Waals surface area contributed by atoms with E-state index in [1.165, 1.54) is 11.9 Å². The Bertz CT molecular complexity index is 1260. The third kappa shape index (κ3) is 5.62. The Morgan fingerprint density at radius 1 is 1.12 bits per heavy atom. The van der Waals surface area contributed by atoms with E-state index in [4.69, 9.17) is 5.73 Å². The maximum absolute atomic E-state index is 12.3. The first-order chi connectivity index (χ1) is 16.5. The predicted octanol–water partition coefficient (Wildman–Crippen LogP) is 2.92. The molecule has 2 aromatic heterocycles. The third-order valence-corrected chi connectivity index (χ3v) is 5.76. The Kier molecular flexibility index (Phi) is 7.24. The van der Waals surface area contributed by atoms with Gasteiger partial charge in [0.05, 0.1) is 24.5 Å². The molecule has 0 aliphatic carbocycles. The molecule has 3 amide bonds. The lowest BCUT2D eigenvalue weighted by Gasteiger charge is -2.16. The zero-order chi connectivity index (χ0) is 23.9. The summed E-state index contributed by atoms with van der Waals surface area (Å²) < 4.78 is 3.78. The second-order valence-corrected chi connectivity index (χ2v) is 8.09. The van der Waals surface area contributed by atoms with Gasteiger partial charge in [-0.05, 0) is 42.0 Å². The minimum atomic E-state index is -0.601. The molecule has 1 atom stereocenters. The Morgan fingerprint density at radius 3 is 2.68 bits per heavy atom. The summed E-state index contributed by atoms with van der Waals surface area (Å²) in [6.45, 7) is 1.08. The van der Waals surface area contributed by atoms with Crippen LogP contribution in [0, 0.1) is 0 Å². The Morgan fingerprint density at radius 2 is 1.94 bits per heavy atom. The number of benzene rings is 2. The predicted molar refractivity (Wildman–Crippen MR) is 131 cm³/mol. The van der Waals surface area contributed by atoms with Gasteiger partial charge in [0.1, 0.15) is 5.69 Å². The van der Waals surface area contributed by atoms with Crippen LogP contribution in [0.2, 0.25) is 0 Å². The maximum Gasteiger partial charge on any atom is 0.319 e. The van der Waals surface area contributed by atoms with Gasteiger partial charge in [-0.15, -0.1) is 0 Å². The number of fused-ring (bicyclic) bond motifs is 1. The van der Waals surface area contributed by atoms with Crippen molar-refractivity contribution in [3.8, 4) is 0 Å². The summed E-state index contributed by atoms with van der Waals surface area (Å²) in [5.41, 5.74) is 8.28. The minimum absolute atomic E-state index is 0.0935. The lowest BCUT2D eigenvalue weighted by molar-refractivity contribution is 0.0995. The number of nitrogens with one attached hydrogen (secondary N) is 2. The summed E-state index contributed by atoms with van der Waals surface area (Å²) in [6, 6.07) is 17.3. The highest BCUT2D eigenvalue weighted by molar-refractivity contribution is 5.93. The smallest absolute Gasteiger partial charge is 0.319 e. The van der Waals surface area contributed by atoms with Gasteiger partial charge in [0.25, 0.3) is 5.91 Å². The van der Waals surface area contributed by atoms with Crippen LogP contribution in [0.25, 0.3) is 10.9 Å². The van der Waals surface area contributed by atoms with Gasteiger partial charge in [0, 0.05) is 31.2 Å². The Hall–Kier alpha value is -4.11. The minimum Gasteiger partial charge on any atom is -0.394 e. The van der Waals surface area contributed by atoms with Crippen LogP contribution in [0.15, 0.2) is 73.3 Å². The summed E-state index contributed by atoms with van der Waals surface area (Å²) in [5.74, 6) is -0.601. The van der Waals surface area contributed by atoms with Crippen molar-refractivity contribution in [2.75, 3.05) is 18.5 Å². The van der Waals surface area contributed by atoms with Crippen LogP contribution in [0.3, 0.4) is 0 Å². The van der Waals surface area contributed by atoms with Crippen molar-refractivity contribution in [3.05, 3.63) is 84.6 Å². The van der Waals surface area contributed by atoms with Gasteiger partial charge in [0.15, 0.2) is 0 Å². The SMILES string of the molecule is NC(=O)c1cn([C@@H](CO)CCn2ccc3ccc(NC(=O)NCCc4ccccc4)cc32)cn1. The molecular weight excluding hydrogens is 432 g/mol. The molecule has 4 aromatic rings. The second kappa shape index (κ2) is 10.7. The number of carbonyl (C=O) groups excluding carboxylic acids is 2. The number of rotatable bonds is 10. The van der Waals surface area contributed by atoms with E-state index < -0.39 is 5.91 Å². The summed E-state index contributed by atoms with van der Waals surface area (Å²) >= 11 is 0. The molecule has 0 saturated heterocycles. The Balaban J connectivity index is 1.36. The molecule has 2 heterocycles. The number of amides is 3. The molecule has 5 N–H and O–H groups in total. The number of carbonyl (C=O) groups is 2. The quantitative estimate of drug-likeness (QED) is 0.290. The molecule has 0 saturated carbocycles. The molecule has 9 nitrogen and oxygen atoms in total. The van der Waals surface area contributed by atoms with Crippen LogP contribution in [-0.4, -0.2) is 44.3 Å². The molecule has 176 valence electrons. The number of hydrogen-bond acceptors (Lipinski definition) is 4. The average molecular weight is 461 g/mol. The van der Waals surface area contributed by atoms with Gasteiger partial charge in [-0.2, -0.15) is 0 Å². The van der Waals surface area contributed by atoms with Crippen molar-refractivity contribution in [2.45, 2.75) is 25.4 Å². The van der Waals surface area contributed by atoms with E-state index in [0.29, 0.717) is 25.2 Å². The maximum atomic E-state index is 12.3. The average Bonchev–Trinajstić information content (AvgIpc) is 3.48. The highest BCUT2D eigenvalue weighted by atomic mass is 16.3. The molecule has 2 aromatic carbocycles. The normalized spacial score (nSPS) is 11.9. The number of aryl methyl sites for hydroxylation is 1. The summed E-state index contributed by atoms with van der Waals surface area (Å²) in [6.07, 6.45) is 6.42. The van der Waals surface area contributed by atoms with E-state index >= 15 is 0 Å². The van der Waals surface area contributed by atoms with Crippen LogP contribution in [0.1, 0.15) is 28.5 Å². The van der Waals surface area contributed by atoms with Gasteiger partial charge >= 0.3 is 6.03 Å². The highest BCUT2D eigenvalue weighted by Gasteiger charge is 2.14. The number of anilines is 1. The van der Waals surface area contributed by atoms with Crippen LogP contribution in [0.4, 0.5) is 10.5 Å². The van der Waals surface area contributed by atoms with E-state index in [2.05, 4.69) is 20.2 Å². The fourth-order valence-corrected chi connectivity index (χ4v) is 3.88.